The lowest BCUT2D eigenvalue weighted by molar-refractivity contribution is 0.0646. The van der Waals surface area contributed by atoms with Crippen LogP contribution in [0.4, 0.5) is 8.78 Å². The SMILES string of the molecule is O=C(c1nnc(-c2cnccn2)o1)N1CCc2[nH]cnc2[C@H]1c1cc2c(C(F)F)cccn2n1. The number of fused-ring (bicyclic) bond motifs is 2. The maximum atomic E-state index is 13.5. The molecule has 0 spiro atoms. The summed E-state index contributed by atoms with van der Waals surface area (Å²) in [7, 11) is 0. The van der Waals surface area contributed by atoms with E-state index in [1.165, 1.54) is 46.5 Å². The average molecular weight is 463 g/mol. The first-order chi connectivity index (χ1) is 16.6. The van der Waals surface area contributed by atoms with Crippen LogP contribution in [0.2, 0.25) is 0 Å². The number of hydrogen-bond acceptors (Lipinski definition) is 8. The topological polar surface area (TPSA) is 131 Å². The molecule has 0 radical (unpaired) electrons. The van der Waals surface area contributed by atoms with E-state index in [-0.39, 0.29) is 22.9 Å². The van der Waals surface area contributed by atoms with Gasteiger partial charge < -0.3 is 14.3 Å². The number of H-pyrrole nitrogens is 1. The second-order valence-corrected chi connectivity index (χ2v) is 7.58. The third-order valence-corrected chi connectivity index (χ3v) is 5.64. The normalized spacial score (nSPS) is 15.7. The van der Waals surface area contributed by atoms with Crippen molar-refractivity contribution >= 4 is 11.4 Å². The standard InChI is InChI=1S/C21H15F2N9O2/c22-18(23)11-2-1-6-32-15(11)8-13(30-32)17-16-12(26-10-27-16)3-7-31(17)21(33)20-29-28-19(34-20)14-9-24-4-5-25-14/h1-2,4-6,8-10,17-18H,3,7H2,(H,26,27)/t17-/m1/s1. The van der Waals surface area contributed by atoms with E-state index in [4.69, 9.17) is 4.42 Å². The Bertz CT molecular complexity index is 1490. The molecule has 0 saturated heterocycles. The van der Waals surface area contributed by atoms with Gasteiger partial charge in [-0.05, 0) is 18.2 Å². The van der Waals surface area contributed by atoms with Gasteiger partial charge in [0.2, 0.25) is 0 Å². The number of aromatic amines is 1. The van der Waals surface area contributed by atoms with Crippen molar-refractivity contribution in [3.05, 3.63) is 77.8 Å². The van der Waals surface area contributed by atoms with E-state index in [0.29, 0.717) is 30.0 Å². The number of nitrogens with zero attached hydrogens (tertiary/aromatic N) is 8. The summed E-state index contributed by atoms with van der Waals surface area (Å²) >= 11 is 0. The number of amides is 1. The minimum atomic E-state index is -2.67. The van der Waals surface area contributed by atoms with Gasteiger partial charge in [0.1, 0.15) is 11.7 Å². The molecule has 1 aliphatic heterocycles. The van der Waals surface area contributed by atoms with Crippen LogP contribution in [0.15, 0.2) is 53.7 Å². The summed E-state index contributed by atoms with van der Waals surface area (Å²) in [5.41, 5.74) is 2.25. The van der Waals surface area contributed by atoms with E-state index in [9.17, 15) is 13.6 Å². The quantitative estimate of drug-likeness (QED) is 0.430. The zero-order valence-electron chi connectivity index (χ0n) is 17.3. The van der Waals surface area contributed by atoms with E-state index in [1.807, 2.05) is 0 Å². The van der Waals surface area contributed by atoms with Crippen molar-refractivity contribution in [1.29, 1.82) is 0 Å². The fraction of sp³-hybridized carbons (Fsp3) is 0.190. The van der Waals surface area contributed by atoms with Gasteiger partial charge in [-0.25, -0.2) is 23.3 Å². The van der Waals surface area contributed by atoms with Crippen molar-refractivity contribution in [2.45, 2.75) is 18.9 Å². The summed E-state index contributed by atoms with van der Waals surface area (Å²) in [6, 6.07) is 3.66. The molecule has 0 bridgehead atoms. The van der Waals surface area contributed by atoms with Gasteiger partial charge in [-0.2, -0.15) is 5.10 Å². The van der Waals surface area contributed by atoms with Crippen LogP contribution >= 0.6 is 0 Å². The Morgan fingerprint density at radius 3 is 2.97 bits per heavy atom. The predicted octanol–water partition coefficient (Wildman–Crippen LogP) is 2.62. The van der Waals surface area contributed by atoms with Crippen LogP contribution in [0, 0.1) is 0 Å². The number of alkyl halides is 2. The lowest BCUT2D eigenvalue weighted by Crippen LogP contribution is -2.41. The molecule has 1 aliphatic rings. The van der Waals surface area contributed by atoms with Crippen LogP contribution in [-0.2, 0) is 6.42 Å². The largest absolute Gasteiger partial charge is 0.411 e. The average Bonchev–Trinajstić information content (AvgIpc) is 3.62. The van der Waals surface area contributed by atoms with Crippen molar-refractivity contribution < 1.29 is 18.0 Å². The Labute approximate surface area is 189 Å². The van der Waals surface area contributed by atoms with E-state index in [0.717, 1.165) is 5.69 Å². The second-order valence-electron chi connectivity index (χ2n) is 7.58. The molecule has 6 rings (SSSR count). The molecule has 0 unspecified atom stereocenters. The highest BCUT2D eigenvalue weighted by Gasteiger charge is 2.38. The van der Waals surface area contributed by atoms with Gasteiger partial charge in [0.15, 0.2) is 0 Å². The van der Waals surface area contributed by atoms with Crippen molar-refractivity contribution in [1.82, 2.24) is 44.6 Å². The molecule has 1 amide bonds. The highest BCUT2D eigenvalue weighted by molar-refractivity contribution is 5.90. The van der Waals surface area contributed by atoms with Crippen molar-refractivity contribution in [3.63, 3.8) is 0 Å². The number of hydrogen-bond donors (Lipinski definition) is 1. The number of aromatic nitrogens is 8. The molecule has 13 heteroatoms. The molecule has 11 nitrogen and oxygen atoms in total. The van der Waals surface area contributed by atoms with Gasteiger partial charge in [0.25, 0.3) is 12.3 Å². The molecule has 0 aliphatic carbocycles. The van der Waals surface area contributed by atoms with Crippen molar-refractivity contribution in [2.24, 2.45) is 0 Å². The monoisotopic (exact) mass is 463 g/mol. The zero-order valence-corrected chi connectivity index (χ0v) is 17.3. The predicted molar refractivity (Wildman–Crippen MR) is 111 cm³/mol. The van der Waals surface area contributed by atoms with E-state index in [2.05, 4.69) is 35.2 Å². The first kappa shape index (κ1) is 20.1. The van der Waals surface area contributed by atoms with Gasteiger partial charge >= 0.3 is 11.8 Å². The molecule has 0 aromatic carbocycles. The summed E-state index contributed by atoms with van der Waals surface area (Å²) in [6.07, 6.45) is 5.37. The summed E-state index contributed by atoms with van der Waals surface area (Å²) in [5.74, 6) is -0.714. The molecule has 0 fully saturated rings. The van der Waals surface area contributed by atoms with Gasteiger partial charge in [0.05, 0.1) is 29.4 Å². The highest BCUT2D eigenvalue weighted by Crippen LogP contribution is 2.35. The molecule has 0 saturated carbocycles. The van der Waals surface area contributed by atoms with E-state index >= 15 is 0 Å². The molecule has 5 aromatic rings. The van der Waals surface area contributed by atoms with E-state index in [1.54, 1.807) is 12.3 Å². The van der Waals surface area contributed by atoms with Gasteiger partial charge in [-0.1, -0.05) is 0 Å². The Balaban J connectivity index is 1.42. The number of carbonyl (C=O) groups excluding carboxylic acids is 1. The first-order valence-electron chi connectivity index (χ1n) is 10.3. The summed E-state index contributed by atoms with van der Waals surface area (Å²) < 4.78 is 34.0. The molecule has 5 aromatic heterocycles. The molecular formula is C21H15F2N9O2. The number of halogens is 2. The third-order valence-electron chi connectivity index (χ3n) is 5.64. The van der Waals surface area contributed by atoms with Crippen LogP contribution in [0.1, 0.15) is 45.8 Å². The fourth-order valence-corrected chi connectivity index (χ4v) is 4.11. The minimum Gasteiger partial charge on any atom is -0.411 e. The number of nitrogens with one attached hydrogen (secondary N) is 1. The minimum absolute atomic E-state index is 0.0553. The molecule has 170 valence electrons. The van der Waals surface area contributed by atoms with Crippen LogP contribution in [0.3, 0.4) is 0 Å². The van der Waals surface area contributed by atoms with Gasteiger partial charge in [-0.15, -0.1) is 10.2 Å². The van der Waals surface area contributed by atoms with Gasteiger partial charge in [-0.3, -0.25) is 9.78 Å². The fourth-order valence-electron chi connectivity index (χ4n) is 4.11. The third kappa shape index (κ3) is 3.20. The van der Waals surface area contributed by atoms with Crippen molar-refractivity contribution in [2.75, 3.05) is 6.54 Å². The maximum absolute atomic E-state index is 13.5. The lowest BCUT2D eigenvalue weighted by Gasteiger charge is -2.32. The summed E-state index contributed by atoms with van der Waals surface area (Å²) in [5, 5.41) is 12.3. The Morgan fingerprint density at radius 1 is 1.24 bits per heavy atom. The molecule has 1 N–H and O–H groups in total. The molecular weight excluding hydrogens is 448 g/mol. The Hall–Kier alpha value is -4.55. The number of rotatable bonds is 4. The molecule has 1 atom stereocenters. The van der Waals surface area contributed by atoms with Crippen LogP contribution < -0.4 is 0 Å². The maximum Gasteiger partial charge on any atom is 0.312 e. The Morgan fingerprint density at radius 2 is 2.15 bits per heavy atom. The van der Waals surface area contributed by atoms with Gasteiger partial charge in [0, 0.05) is 42.8 Å². The summed E-state index contributed by atoms with van der Waals surface area (Å²) in [4.78, 5) is 30.5. The van der Waals surface area contributed by atoms with Crippen LogP contribution in [0.25, 0.3) is 17.1 Å². The van der Waals surface area contributed by atoms with Crippen LogP contribution in [0.5, 0.6) is 0 Å². The zero-order chi connectivity index (χ0) is 23.2. The van der Waals surface area contributed by atoms with Crippen LogP contribution in [-0.4, -0.2) is 57.1 Å². The highest BCUT2D eigenvalue weighted by atomic mass is 19.3. The summed E-state index contributed by atoms with van der Waals surface area (Å²) in [6.45, 7) is 0.303. The smallest absolute Gasteiger partial charge is 0.312 e. The van der Waals surface area contributed by atoms with Crippen molar-refractivity contribution in [3.8, 4) is 11.6 Å². The van der Waals surface area contributed by atoms with E-state index < -0.39 is 18.4 Å². The number of carbonyl (C=O) groups is 1. The Kier molecular flexibility index (Phi) is 4.60. The second kappa shape index (κ2) is 7.79. The lowest BCUT2D eigenvalue weighted by atomic mass is 9.99. The molecule has 34 heavy (non-hydrogen) atoms. The number of imidazole rings is 1. The molecule has 6 heterocycles. The first-order valence-corrected chi connectivity index (χ1v) is 10.3. The number of pyridine rings is 1.